The Bertz CT molecular complexity index is 94.9. The summed E-state index contributed by atoms with van der Waals surface area (Å²) < 4.78 is 0. The molecule has 0 fully saturated rings. The summed E-state index contributed by atoms with van der Waals surface area (Å²) >= 11 is 0. The molecule has 1 nitrogen and oxygen atoms in total. The van der Waals surface area contributed by atoms with Crippen LogP contribution in [0.15, 0.2) is 11.8 Å². The zero-order chi connectivity index (χ0) is 7.82. The molecule has 0 aliphatic rings. The summed E-state index contributed by atoms with van der Waals surface area (Å²) in [6.45, 7) is 4.36. The van der Waals surface area contributed by atoms with Gasteiger partial charge in [-0.05, 0) is 19.3 Å². The van der Waals surface area contributed by atoms with E-state index in [4.69, 9.17) is 5.73 Å². The summed E-state index contributed by atoms with van der Waals surface area (Å²) in [5.74, 6) is 0. The number of nitrogens with two attached hydrogens (primary N) is 1. The molecule has 10 heavy (non-hydrogen) atoms. The highest BCUT2D eigenvalue weighted by Gasteiger charge is 1.87. The minimum absolute atomic E-state index is 1.07. The van der Waals surface area contributed by atoms with Crippen LogP contribution in [0.1, 0.15) is 46.0 Å². The number of hydrogen-bond donors (Lipinski definition) is 1. The molecule has 0 aromatic carbocycles. The van der Waals surface area contributed by atoms with Crippen LogP contribution in [0.4, 0.5) is 0 Å². The lowest BCUT2D eigenvalue weighted by Crippen LogP contribution is -1.96. The molecular weight excluding hydrogens is 122 g/mol. The van der Waals surface area contributed by atoms with Crippen LogP contribution in [0.2, 0.25) is 0 Å². The van der Waals surface area contributed by atoms with Crippen LogP contribution in [-0.4, -0.2) is 0 Å². The van der Waals surface area contributed by atoms with E-state index in [0.717, 1.165) is 18.5 Å². The van der Waals surface area contributed by atoms with E-state index in [-0.39, 0.29) is 0 Å². The molecular formula is C9H19N. The lowest BCUT2D eigenvalue weighted by atomic mass is 10.2. The average molecular weight is 141 g/mol. The molecule has 0 atom stereocenters. The third kappa shape index (κ3) is 5.67. The van der Waals surface area contributed by atoms with Crippen molar-refractivity contribution in [1.29, 1.82) is 0 Å². The fourth-order valence-corrected chi connectivity index (χ4v) is 0.813. The predicted molar refractivity (Wildman–Crippen MR) is 46.7 cm³/mol. The van der Waals surface area contributed by atoms with E-state index in [1.54, 1.807) is 0 Å². The van der Waals surface area contributed by atoms with E-state index in [1.807, 2.05) is 0 Å². The minimum Gasteiger partial charge on any atom is -0.402 e. The van der Waals surface area contributed by atoms with Crippen LogP contribution in [-0.2, 0) is 0 Å². The molecule has 60 valence electrons. The van der Waals surface area contributed by atoms with E-state index in [0.29, 0.717) is 0 Å². The molecule has 0 radical (unpaired) electrons. The monoisotopic (exact) mass is 141 g/mol. The highest BCUT2D eigenvalue weighted by atomic mass is 14.6. The van der Waals surface area contributed by atoms with Gasteiger partial charge in [0.2, 0.25) is 0 Å². The first-order valence-corrected chi connectivity index (χ1v) is 4.25. The van der Waals surface area contributed by atoms with Crippen LogP contribution in [0.5, 0.6) is 0 Å². The van der Waals surface area contributed by atoms with Crippen molar-refractivity contribution in [3.8, 4) is 0 Å². The van der Waals surface area contributed by atoms with E-state index in [9.17, 15) is 0 Å². The third-order valence-corrected chi connectivity index (χ3v) is 1.51. The Labute approximate surface area is 64.3 Å². The van der Waals surface area contributed by atoms with Gasteiger partial charge in [-0.1, -0.05) is 32.8 Å². The lowest BCUT2D eigenvalue weighted by Gasteiger charge is -1.97. The van der Waals surface area contributed by atoms with Gasteiger partial charge in [0.25, 0.3) is 0 Å². The van der Waals surface area contributed by atoms with Crippen molar-refractivity contribution < 1.29 is 0 Å². The summed E-state index contributed by atoms with van der Waals surface area (Å²) in [5.41, 5.74) is 6.78. The van der Waals surface area contributed by atoms with Gasteiger partial charge in [0.1, 0.15) is 0 Å². The molecule has 0 saturated carbocycles. The Morgan fingerprint density at radius 1 is 1.30 bits per heavy atom. The van der Waals surface area contributed by atoms with Crippen molar-refractivity contribution in [2.45, 2.75) is 46.0 Å². The predicted octanol–water partition coefficient (Wildman–Crippen LogP) is 2.82. The molecule has 0 aliphatic carbocycles. The number of unbranched alkanes of at least 4 members (excludes halogenated alkanes) is 2. The Hall–Kier alpha value is -0.460. The molecule has 0 spiro atoms. The van der Waals surface area contributed by atoms with Crippen molar-refractivity contribution in [3.63, 3.8) is 0 Å². The Morgan fingerprint density at radius 2 is 2.00 bits per heavy atom. The van der Waals surface area contributed by atoms with Crippen LogP contribution >= 0.6 is 0 Å². The molecule has 0 rings (SSSR count). The fraction of sp³-hybridized carbons (Fsp3) is 0.778. The highest BCUT2D eigenvalue weighted by Crippen LogP contribution is 2.02. The molecule has 1 heteroatoms. The molecule has 0 unspecified atom stereocenters. The van der Waals surface area contributed by atoms with Gasteiger partial charge < -0.3 is 5.73 Å². The van der Waals surface area contributed by atoms with Gasteiger partial charge in [-0.15, -0.1) is 0 Å². The number of hydrogen-bond acceptors (Lipinski definition) is 1. The maximum atomic E-state index is 5.71. The molecule has 0 saturated heterocycles. The first-order chi connectivity index (χ1) is 4.81. The topological polar surface area (TPSA) is 26.0 Å². The molecule has 0 aromatic heterocycles. The second-order valence-electron chi connectivity index (χ2n) is 2.67. The fourth-order valence-electron chi connectivity index (χ4n) is 0.813. The summed E-state index contributed by atoms with van der Waals surface area (Å²) in [6, 6.07) is 0. The van der Waals surface area contributed by atoms with Crippen LogP contribution in [0.3, 0.4) is 0 Å². The van der Waals surface area contributed by atoms with Gasteiger partial charge in [-0.2, -0.15) is 0 Å². The SMILES string of the molecule is CCC/C=C(\N)CCCC. The Balaban J connectivity index is 3.30. The summed E-state index contributed by atoms with van der Waals surface area (Å²) in [5, 5.41) is 0. The summed E-state index contributed by atoms with van der Waals surface area (Å²) in [6.07, 6.45) is 8.03. The smallest absolute Gasteiger partial charge is 0.00399 e. The third-order valence-electron chi connectivity index (χ3n) is 1.51. The second-order valence-corrected chi connectivity index (χ2v) is 2.67. The Morgan fingerprint density at radius 3 is 2.50 bits per heavy atom. The largest absolute Gasteiger partial charge is 0.402 e. The van der Waals surface area contributed by atoms with Gasteiger partial charge in [0.05, 0.1) is 0 Å². The molecule has 0 heterocycles. The lowest BCUT2D eigenvalue weighted by molar-refractivity contribution is 0.774. The molecule has 0 amide bonds. The van der Waals surface area contributed by atoms with Gasteiger partial charge >= 0.3 is 0 Å². The standard InChI is InChI=1S/C9H19N/c1-3-5-7-9(10)8-6-4-2/h7H,3-6,8,10H2,1-2H3/b9-7-. The van der Waals surface area contributed by atoms with Gasteiger partial charge in [-0.3, -0.25) is 0 Å². The van der Waals surface area contributed by atoms with Gasteiger partial charge in [0.15, 0.2) is 0 Å². The van der Waals surface area contributed by atoms with Crippen LogP contribution in [0, 0.1) is 0 Å². The normalized spacial score (nSPS) is 12.0. The van der Waals surface area contributed by atoms with Gasteiger partial charge in [-0.25, -0.2) is 0 Å². The molecule has 2 N–H and O–H groups in total. The van der Waals surface area contributed by atoms with Crippen molar-refractivity contribution in [1.82, 2.24) is 0 Å². The summed E-state index contributed by atoms with van der Waals surface area (Å²) in [7, 11) is 0. The van der Waals surface area contributed by atoms with E-state index in [2.05, 4.69) is 19.9 Å². The number of allylic oxidation sites excluding steroid dienone is 2. The van der Waals surface area contributed by atoms with E-state index in [1.165, 1.54) is 19.3 Å². The maximum Gasteiger partial charge on any atom is 0.00399 e. The highest BCUT2D eigenvalue weighted by molar-refractivity contribution is 4.95. The first-order valence-electron chi connectivity index (χ1n) is 4.25. The van der Waals surface area contributed by atoms with Crippen molar-refractivity contribution in [2.75, 3.05) is 0 Å². The Kier molecular flexibility index (Phi) is 6.35. The number of rotatable bonds is 5. The van der Waals surface area contributed by atoms with E-state index < -0.39 is 0 Å². The first kappa shape index (κ1) is 9.54. The molecule has 0 aromatic rings. The van der Waals surface area contributed by atoms with Gasteiger partial charge in [0, 0.05) is 5.70 Å². The summed E-state index contributed by atoms with van der Waals surface area (Å²) in [4.78, 5) is 0. The van der Waals surface area contributed by atoms with Crippen molar-refractivity contribution in [2.24, 2.45) is 5.73 Å². The van der Waals surface area contributed by atoms with Crippen molar-refractivity contribution >= 4 is 0 Å². The average Bonchev–Trinajstić information content (AvgIpc) is 1.97. The zero-order valence-corrected chi connectivity index (χ0v) is 7.19. The molecule has 0 bridgehead atoms. The van der Waals surface area contributed by atoms with E-state index >= 15 is 0 Å². The quantitative estimate of drug-likeness (QED) is 0.626. The van der Waals surface area contributed by atoms with Crippen LogP contribution < -0.4 is 5.73 Å². The minimum atomic E-state index is 1.07. The molecule has 0 aliphatic heterocycles. The zero-order valence-electron chi connectivity index (χ0n) is 7.19. The maximum absolute atomic E-state index is 5.71. The second kappa shape index (κ2) is 6.66. The van der Waals surface area contributed by atoms with Crippen LogP contribution in [0.25, 0.3) is 0 Å². The van der Waals surface area contributed by atoms with Crippen molar-refractivity contribution in [3.05, 3.63) is 11.8 Å².